The molecule has 2 amide bonds. The average Bonchev–Trinajstić information content (AvgIpc) is 3.45. The van der Waals surface area contributed by atoms with E-state index < -0.39 is 34.3 Å². The van der Waals surface area contributed by atoms with Crippen molar-refractivity contribution in [3.05, 3.63) is 94.2 Å². The SMILES string of the molecule is CC(C(=O)NC1CCCC1)N(Cc1ccc(Cl)c(Cl)c1)C(=O)CN(c1ccccc1F)S(=O)(=O)c1ccccc1. The molecule has 0 saturated heterocycles. The second-order valence-electron chi connectivity index (χ2n) is 9.71. The lowest BCUT2D eigenvalue weighted by Gasteiger charge is -2.32. The number of carbonyl (C=O) groups is 2. The van der Waals surface area contributed by atoms with Gasteiger partial charge in [0.05, 0.1) is 20.6 Å². The minimum atomic E-state index is -4.35. The molecular weight excluding hydrogens is 576 g/mol. The summed E-state index contributed by atoms with van der Waals surface area (Å²) < 4.78 is 43.1. The molecule has 0 radical (unpaired) electrons. The van der Waals surface area contributed by atoms with Gasteiger partial charge in [0.15, 0.2) is 0 Å². The van der Waals surface area contributed by atoms with E-state index >= 15 is 0 Å². The molecule has 1 saturated carbocycles. The quantitative estimate of drug-likeness (QED) is 0.316. The summed E-state index contributed by atoms with van der Waals surface area (Å²) in [5, 5.41) is 3.60. The molecule has 3 aromatic rings. The van der Waals surface area contributed by atoms with Crippen LogP contribution >= 0.6 is 23.2 Å². The molecule has 212 valence electrons. The molecule has 0 aromatic heterocycles. The van der Waals surface area contributed by atoms with Crippen LogP contribution in [-0.4, -0.2) is 43.8 Å². The molecule has 40 heavy (non-hydrogen) atoms. The first-order valence-electron chi connectivity index (χ1n) is 12.9. The maximum Gasteiger partial charge on any atom is 0.264 e. The zero-order valence-corrected chi connectivity index (χ0v) is 24.2. The maximum atomic E-state index is 15.0. The van der Waals surface area contributed by atoms with Crippen LogP contribution in [0.5, 0.6) is 0 Å². The first-order valence-corrected chi connectivity index (χ1v) is 15.1. The predicted molar refractivity (Wildman–Crippen MR) is 154 cm³/mol. The number of sulfonamides is 1. The van der Waals surface area contributed by atoms with Crippen molar-refractivity contribution in [1.29, 1.82) is 0 Å². The Morgan fingerprint density at radius 1 is 0.975 bits per heavy atom. The molecule has 0 aliphatic heterocycles. The molecule has 0 bridgehead atoms. The van der Waals surface area contributed by atoms with Crippen molar-refractivity contribution in [2.24, 2.45) is 0 Å². The summed E-state index contributed by atoms with van der Waals surface area (Å²) in [6.07, 6.45) is 3.74. The minimum Gasteiger partial charge on any atom is -0.352 e. The van der Waals surface area contributed by atoms with Gasteiger partial charge in [0.25, 0.3) is 10.0 Å². The number of para-hydroxylation sites is 1. The van der Waals surface area contributed by atoms with Crippen molar-refractivity contribution in [2.75, 3.05) is 10.8 Å². The van der Waals surface area contributed by atoms with Gasteiger partial charge in [-0.2, -0.15) is 0 Å². The van der Waals surface area contributed by atoms with Crippen molar-refractivity contribution < 1.29 is 22.4 Å². The zero-order valence-electron chi connectivity index (χ0n) is 21.9. The van der Waals surface area contributed by atoms with E-state index in [1.165, 1.54) is 35.2 Å². The number of nitrogens with one attached hydrogen (secondary N) is 1. The molecule has 0 spiro atoms. The van der Waals surface area contributed by atoms with E-state index in [9.17, 15) is 22.4 Å². The molecule has 0 heterocycles. The van der Waals surface area contributed by atoms with Crippen molar-refractivity contribution in [3.8, 4) is 0 Å². The Hall–Kier alpha value is -3.14. The first kappa shape index (κ1) is 29.8. The molecule has 11 heteroatoms. The van der Waals surface area contributed by atoms with Crippen LogP contribution in [0.3, 0.4) is 0 Å². The smallest absolute Gasteiger partial charge is 0.264 e. The molecule has 1 aliphatic rings. The number of benzene rings is 3. The topological polar surface area (TPSA) is 86.8 Å². The number of hydrogen-bond donors (Lipinski definition) is 1. The summed E-state index contributed by atoms with van der Waals surface area (Å²) in [4.78, 5) is 28.3. The highest BCUT2D eigenvalue weighted by molar-refractivity contribution is 7.92. The van der Waals surface area contributed by atoms with E-state index in [2.05, 4.69) is 5.32 Å². The van der Waals surface area contributed by atoms with Crippen LogP contribution in [0.1, 0.15) is 38.2 Å². The van der Waals surface area contributed by atoms with E-state index in [1.54, 1.807) is 43.3 Å². The van der Waals surface area contributed by atoms with Crippen LogP contribution in [0.4, 0.5) is 10.1 Å². The summed E-state index contributed by atoms with van der Waals surface area (Å²) in [5.74, 6) is -1.86. The second kappa shape index (κ2) is 13.0. The van der Waals surface area contributed by atoms with E-state index in [-0.39, 0.29) is 34.1 Å². The van der Waals surface area contributed by atoms with Gasteiger partial charge in [-0.1, -0.05) is 72.4 Å². The van der Waals surface area contributed by atoms with E-state index in [1.807, 2.05) is 0 Å². The summed E-state index contributed by atoms with van der Waals surface area (Å²) in [7, 11) is -4.35. The molecule has 7 nitrogen and oxygen atoms in total. The van der Waals surface area contributed by atoms with Gasteiger partial charge in [-0.05, 0) is 61.7 Å². The Labute approximate surface area is 243 Å². The normalized spacial score (nSPS) is 14.5. The van der Waals surface area contributed by atoms with Gasteiger partial charge in [0.2, 0.25) is 11.8 Å². The second-order valence-corrected chi connectivity index (χ2v) is 12.4. The van der Waals surface area contributed by atoms with Gasteiger partial charge < -0.3 is 10.2 Å². The lowest BCUT2D eigenvalue weighted by atomic mass is 10.1. The predicted octanol–water partition coefficient (Wildman–Crippen LogP) is 5.80. The fourth-order valence-corrected chi connectivity index (χ4v) is 6.46. The van der Waals surface area contributed by atoms with Crippen LogP contribution in [-0.2, 0) is 26.2 Å². The Morgan fingerprint density at radius 2 is 1.62 bits per heavy atom. The summed E-state index contributed by atoms with van der Waals surface area (Å²) in [6, 6.07) is 16.7. The summed E-state index contributed by atoms with van der Waals surface area (Å²) >= 11 is 12.3. The number of anilines is 1. The molecule has 1 aliphatic carbocycles. The van der Waals surface area contributed by atoms with Gasteiger partial charge in [-0.15, -0.1) is 0 Å². The minimum absolute atomic E-state index is 0.0187. The van der Waals surface area contributed by atoms with E-state index in [4.69, 9.17) is 23.2 Å². The first-order chi connectivity index (χ1) is 19.1. The van der Waals surface area contributed by atoms with Crippen LogP contribution in [0.25, 0.3) is 0 Å². The molecule has 1 unspecified atom stereocenters. The van der Waals surface area contributed by atoms with Gasteiger partial charge in [0, 0.05) is 12.6 Å². The van der Waals surface area contributed by atoms with Gasteiger partial charge in [-0.25, -0.2) is 12.8 Å². The maximum absolute atomic E-state index is 15.0. The monoisotopic (exact) mass is 605 g/mol. The van der Waals surface area contributed by atoms with Gasteiger partial charge in [-0.3, -0.25) is 13.9 Å². The van der Waals surface area contributed by atoms with Crippen LogP contribution in [0.15, 0.2) is 77.7 Å². The zero-order chi connectivity index (χ0) is 28.9. The average molecular weight is 607 g/mol. The lowest BCUT2D eigenvalue weighted by molar-refractivity contribution is -0.139. The van der Waals surface area contributed by atoms with Crippen LogP contribution in [0.2, 0.25) is 10.0 Å². The molecule has 3 aromatic carbocycles. The standard InChI is InChI=1S/C29H30Cl2FN3O4S/c1-20(29(37)33-22-9-5-6-10-22)34(18-21-15-16-24(30)25(31)17-21)28(36)19-35(27-14-8-7-13-26(27)32)40(38,39)23-11-3-2-4-12-23/h2-4,7-8,11-17,20,22H,5-6,9-10,18-19H2,1H3,(H,33,37). The summed E-state index contributed by atoms with van der Waals surface area (Å²) in [5.41, 5.74) is 0.309. The third-order valence-electron chi connectivity index (χ3n) is 6.94. The molecule has 4 rings (SSSR count). The third-order valence-corrected chi connectivity index (χ3v) is 9.45. The number of carbonyl (C=O) groups excluding carboxylic acids is 2. The highest BCUT2D eigenvalue weighted by atomic mass is 35.5. The largest absolute Gasteiger partial charge is 0.352 e. The van der Waals surface area contributed by atoms with Gasteiger partial charge >= 0.3 is 0 Å². The van der Waals surface area contributed by atoms with Crippen LogP contribution in [0, 0.1) is 5.82 Å². The highest BCUT2D eigenvalue weighted by Crippen LogP contribution is 2.28. The Morgan fingerprint density at radius 3 is 2.27 bits per heavy atom. The number of halogens is 3. The fraction of sp³-hybridized carbons (Fsp3) is 0.310. The number of hydrogen-bond acceptors (Lipinski definition) is 4. The number of nitrogens with zero attached hydrogens (tertiary/aromatic N) is 2. The number of amides is 2. The Kier molecular flexibility index (Phi) is 9.71. The third kappa shape index (κ3) is 6.95. The van der Waals surface area contributed by atoms with Crippen molar-refractivity contribution in [1.82, 2.24) is 10.2 Å². The van der Waals surface area contributed by atoms with E-state index in [0.717, 1.165) is 36.1 Å². The van der Waals surface area contributed by atoms with Crippen molar-refractivity contribution in [2.45, 2.75) is 56.1 Å². The van der Waals surface area contributed by atoms with E-state index in [0.29, 0.717) is 10.6 Å². The molecular formula is C29H30Cl2FN3O4S. The van der Waals surface area contributed by atoms with Crippen molar-refractivity contribution >= 4 is 50.7 Å². The highest BCUT2D eigenvalue weighted by Gasteiger charge is 2.34. The van der Waals surface area contributed by atoms with Crippen molar-refractivity contribution in [3.63, 3.8) is 0 Å². The molecule has 1 atom stereocenters. The summed E-state index contributed by atoms with van der Waals surface area (Å²) in [6.45, 7) is 0.796. The molecule has 1 N–H and O–H groups in total. The van der Waals surface area contributed by atoms with Crippen LogP contribution < -0.4 is 9.62 Å². The van der Waals surface area contributed by atoms with Gasteiger partial charge in [0.1, 0.15) is 18.4 Å². The lowest BCUT2D eigenvalue weighted by Crippen LogP contribution is -2.52. The Balaban J connectivity index is 1.70. The Bertz CT molecular complexity index is 1470. The number of rotatable bonds is 10. The molecule has 1 fully saturated rings. The fourth-order valence-electron chi connectivity index (χ4n) is 4.70.